The van der Waals surface area contributed by atoms with Crippen LogP contribution < -0.4 is 10.1 Å². The predicted octanol–water partition coefficient (Wildman–Crippen LogP) is 3.40. The Morgan fingerprint density at radius 1 is 1.11 bits per heavy atom. The largest absolute Gasteiger partial charge is 0.508 e. The fourth-order valence-corrected chi connectivity index (χ4v) is 3.34. The van der Waals surface area contributed by atoms with E-state index in [0.717, 1.165) is 12.1 Å². The molecule has 28 heavy (non-hydrogen) atoms. The normalized spacial score (nSPS) is 21.9. The van der Waals surface area contributed by atoms with Crippen LogP contribution in [0.15, 0.2) is 42.5 Å². The zero-order valence-electron chi connectivity index (χ0n) is 15.3. The maximum atomic E-state index is 13.6. The van der Waals surface area contributed by atoms with Crippen molar-refractivity contribution in [3.63, 3.8) is 0 Å². The highest BCUT2D eigenvalue weighted by Crippen LogP contribution is 2.33. The number of benzene rings is 2. The van der Waals surface area contributed by atoms with Crippen LogP contribution in [0, 0.1) is 17.6 Å². The summed E-state index contributed by atoms with van der Waals surface area (Å²) in [7, 11) is 0. The number of halogens is 2. The Hall–Kier alpha value is -2.67. The van der Waals surface area contributed by atoms with Gasteiger partial charge in [0, 0.05) is 12.1 Å². The lowest BCUT2D eigenvalue weighted by Crippen LogP contribution is -2.45. The molecule has 0 radical (unpaired) electrons. The summed E-state index contributed by atoms with van der Waals surface area (Å²) in [4.78, 5) is 12.1. The first-order valence-electron chi connectivity index (χ1n) is 9.23. The first-order valence-corrected chi connectivity index (χ1v) is 9.23. The molecule has 0 heterocycles. The smallest absolute Gasteiger partial charge is 0.251 e. The minimum absolute atomic E-state index is 0.0750. The minimum Gasteiger partial charge on any atom is -0.508 e. The number of nitrogens with one attached hydrogen (secondary N) is 1. The molecule has 0 aromatic heterocycles. The van der Waals surface area contributed by atoms with Gasteiger partial charge in [0.15, 0.2) is 17.4 Å². The second kappa shape index (κ2) is 8.56. The molecule has 0 saturated heterocycles. The quantitative estimate of drug-likeness (QED) is 0.705. The van der Waals surface area contributed by atoms with E-state index in [-0.39, 0.29) is 36.5 Å². The van der Waals surface area contributed by atoms with E-state index in [1.807, 2.05) is 0 Å². The van der Waals surface area contributed by atoms with Crippen LogP contribution in [-0.2, 0) is 0 Å². The molecule has 0 atom stereocenters. The van der Waals surface area contributed by atoms with E-state index in [4.69, 9.17) is 4.74 Å². The number of rotatable bonds is 6. The second-order valence-corrected chi connectivity index (χ2v) is 7.26. The standard InChI is InChI=1S/C21H23F2NO4/c22-17-2-1-3-18(23)19(17)28-12-14-8-10-21(27,11-9-14)13-24-20(26)15-4-6-16(25)7-5-15/h1-7,14,25,27H,8-13H2,(H,24,26). The van der Waals surface area contributed by atoms with Gasteiger partial charge >= 0.3 is 0 Å². The van der Waals surface area contributed by atoms with Crippen LogP contribution in [0.3, 0.4) is 0 Å². The highest BCUT2D eigenvalue weighted by Gasteiger charge is 2.34. The van der Waals surface area contributed by atoms with Crippen LogP contribution in [0.4, 0.5) is 8.78 Å². The molecule has 3 rings (SSSR count). The fourth-order valence-electron chi connectivity index (χ4n) is 3.34. The number of hydrogen-bond acceptors (Lipinski definition) is 4. The molecule has 3 N–H and O–H groups in total. The number of carbonyl (C=O) groups is 1. The van der Waals surface area contributed by atoms with E-state index >= 15 is 0 Å². The van der Waals surface area contributed by atoms with E-state index in [1.165, 1.54) is 30.3 Å². The predicted molar refractivity (Wildman–Crippen MR) is 99.2 cm³/mol. The molecule has 0 bridgehead atoms. The molecule has 0 spiro atoms. The molecule has 1 aliphatic carbocycles. The number of carbonyl (C=O) groups excluding carboxylic acids is 1. The van der Waals surface area contributed by atoms with Crippen molar-refractivity contribution in [3.8, 4) is 11.5 Å². The third kappa shape index (κ3) is 4.98. The molecule has 1 saturated carbocycles. The summed E-state index contributed by atoms with van der Waals surface area (Å²) in [6, 6.07) is 9.43. The molecule has 2 aromatic rings. The van der Waals surface area contributed by atoms with Gasteiger partial charge in [-0.2, -0.15) is 0 Å². The van der Waals surface area contributed by atoms with Gasteiger partial charge in [-0.05, 0) is 68.0 Å². The van der Waals surface area contributed by atoms with E-state index < -0.39 is 17.2 Å². The Kier molecular flexibility index (Phi) is 6.14. The number of phenolic OH excluding ortho intramolecular Hbond substituents is 1. The van der Waals surface area contributed by atoms with Crippen molar-refractivity contribution in [2.24, 2.45) is 5.92 Å². The van der Waals surface area contributed by atoms with Gasteiger partial charge in [-0.1, -0.05) is 6.07 Å². The average Bonchev–Trinajstić information content (AvgIpc) is 2.68. The molecule has 1 fully saturated rings. The lowest BCUT2D eigenvalue weighted by molar-refractivity contribution is -0.0133. The van der Waals surface area contributed by atoms with Crippen LogP contribution in [0.25, 0.3) is 0 Å². The summed E-state index contributed by atoms with van der Waals surface area (Å²) in [6.07, 6.45) is 2.16. The SMILES string of the molecule is O=C(NCC1(O)CCC(COc2c(F)cccc2F)CC1)c1ccc(O)cc1. The maximum absolute atomic E-state index is 13.6. The van der Waals surface area contributed by atoms with E-state index in [0.29, 0.717) is 31.2 Å². The Bertz CT molecular complexity index is 797. The Morgan fingerprint density at radius 3 is 2.32 bits per heavy atom. The summed E-state index contributed by atoms with van der Waals surface area (Å²) >= 11 is 0. The molecule has 2 aromatic carbocycles. The number of amides is 1. The Balaban J connectivity index is 1.46. The minimum atomic E-state index is -1.02. The first kappa shape index (κ1) is 20.1. The van der Waals surface area contributed by atoms with E-state index in [9.17, 15) is 23.8 Å². The number of hydrogen-bond donors (Lipinski definition) is 3. The molecule has 0 unspecified atom stereocenters. The lowest BCUT2D eigenvalue weighted by Gasteiger charge is -2.36. The van der Waals surface area contributed by atoms with Crippen molar-refractivity contribution < 1.29 is 28.5 Å². The number of aliphatic hydroxyl groups is 1. The zero-order valence-corrected chi connectivity index (χ0v) is 15.3. The number of ether oxygens (including phenoxy) is 1. The number of phenols is 1. The summed E-state index contributed by atoms with van der Waals surface area (Å²) in [5, 5.41) is 22.7. The van der Waals surface area contributed by atoms with Crippen LogP contribution in [0.1, 0.15) is 36.0 Å². The van der Waals surface area contributed by atoms with Crippen LogP contribution in [0.5, 0.6) is 11.5 Å². The van der Waals surface area contributed by atoms with E-state index in [2.05, 4.69) is 5.32 Å². The van der Waals surface area contributed by atoms with Gasteiger partial charge in [-0.25, -0.2) is 8.78 Å². The lowest BCUT2D eigenvalue weighted by atomic mass is 9.79. The monoisotopic (exact) mass is 391 g/mol. The van der Waals surface area contributed by atoms with Gasteiger partial charge in [-0.3, -0.25) is 4.79 Å². The number of para-hydroxylation sites is 1. The van der Waals surface area contributed by atoms with E-state index in [1.54, 1.807) is 0 Å². The van der Waals surface area contributed by atoms with Crippen molar-refractivity contribution in [1.82, 2.24) is 5.32 Å². The van der Waals surface area contributed by atoms with Crippen LogP contribution in [0.2, 0.25) is 0 Å². The molecule has 1 amide bonds. The third-order valence-electron chi connectivity index (χ3n) is 5.13. The van der Waals surface area contributed by atoms with Gasteiger partial charge in [0.1, 0.15) is 5.75 Å². The molecule has 5 nitrogen and oxygen atoms in total. The Labute approximate surface area is 162 Å². The highest BCUT2D eigenvalue weighted by molar-refractivity contribution is 5.94. The first-order chi connectivity index (χ1) is 13.4. The second-order valence-electron chi connectivity index (χ2n) is 7.26. The average molecular weight is 391 g/mol. The van der Waals surface area contributed by atoms with Crippen LogP contribution >= 0.6 is 0 Å². The summed E-state index contributed by atoms with van der Waals surface area (Å²) in [5.74, 6) is -2.01. The van der Waals surface area contributed by atoms with Crippen molar-refractivity contribution in [2.45, 2.75) is 31.3 Å². The highest BCUT2D eigenvalue weighted by atomic mass is 19.1. The molecular formula is C21H23F2NO4. The summed E-state index contributed by atoms with van der Waals surface area (Å²) < 4.78 is 32.5. The number of aromatic hydroxyl groups is 1. The summed E-state index contributed by atoms with van der Waals surface area (Å²) in [6.45, 7) is 0.288. The van der Waals surface area contributed by atoms with Gasteiger partial charge in [-0.15, -0.1) is 0 Å². The topological polar surface area (TPSA) is 78.8 Å². The van der Waals surface area contributed by atoms with Crippen LogP contribution in [-0.4, -0.2) is 34.9 Å². The molecule has 1 aliphatic rings. The van der Waals surface area contributed by atoms with Crippen molar-refractivity contribution >= 4 is 5.91 Å². The third-order valence-corrected chi connectivity index (χ3v) is 5.13. The zero-order chi connectivity index (χ0) is 20.1. The Morgan fingerprint density at radius 2 is 1.71 bits per heavy atom. The van der Waals surface area contributed by atoms with Crippen molar-refractivity contribution in [1.29, 1.82) is 0 Å². The van der Waals surface area contributed by atoms with Crippen molar-refractivity contribution in [2.75, 3.05) is 13.2 Å². The molecular weight excluding hydrogens is 368 g/mol. The summed E-state index contributed by atoms with van der Waals surface area (Å²) in [5.41, 5.74) is -0.623. The van der Waals surface area contributed by atoms with Gasteiger partial charge in [0.2, 0.25) is 0 Å². The van der Waals surface area contributed by atoms with Gasteiger partial charge < -0.3 is 20.3 Å². The molecule has 0 aliphatic heterocycles. The maximum Gasteiger partial charge on any atom is 0.251 e. The molecule has 150 valence electrons. The van der Waals surface area contributed by atoms with Gasteiger partial charge in [0.25, 0.3) is 5.91 Å². The van der Waals surface area contributed by atoms with Crippen molar-refractivity contribution in [3.05, 3.63) is 59.7 Å². The molecule has 7 heteroatoms. The fraction of sp³-hybridized carbons (Fsp3) is 0.381. The van der Waals surface area contributed by atoms with Gasteiger partial charge in [0.05, 0.1) is 12.2 Å².